The van der Waals surface area contributed by atoms with Crippen molar-refractivity contribution in [2.24, 2.45) is 11.8 Å². The summed E-state index contributed by atoms with van der Waals surface area (Å²) in [4.78, 5) is 12.4. The third-order valence-corrected chi connectivity index (χ3v) is 3.75. The third-order valence-electron chi connectivity index (χ3n) is 3.58. The second-order valence-electron chi connectivity index (χ2n) is 5.15. The fourth-order valence-corrected chi connectivity index (χ4v) is 2.73. The molecule has 1 aliphatic rings. The van der Waals surface area contributed by atoms with Gasteiger partial charge in [-0.25, -0.2) is 0 Å². The van der Waals surface area contributed by atoms with Crippen molar-refractivity contribution in [2.75, 3.05) is 17.7 Å². The zero-order valence-corrected chi connectivity index (χ0v) is 11.8. The van der Waals surface area contributed by atoms with Crippen molar-refractivity contribution >= 4 is 23.5 Å². The predicted molar refractivity (Wildman–Crippen MR) is 74.0 cm³/mol. The van der Waals surface area contributed by atoms with Crippen LogP contribution in [-0.4, -0.2) is 28.0 Å². The summed E-state index contributed by atoms with van der Waals surface area (Å²) in [5.74, 6) is 2.50. The minimum atomic E-state index is 0.216. The van der Waals surface area contributed by atoms with Gasteiger partial charge in [-0.2, -0.15) is 15.0 Å². The molecule has 0 amide bonds. The molecule has 18 heavy (non-hydrogen) atoms. The summed E-state index contributed by atoms with van der Waals surface area (Å²) >= 11 is 5.86. The van der Waals surface area contributed by atoms with Gasteiger partial charge in [-0.15, -0.1) is 0 Å². The molecule has 0 spiro atoms. The van der Waals surface area contributed by atoms with Gasteiger partial charge in [0.2, 0.25) is 17.2 Å². The molecule has 5 nitrogen and oxygen atoms in total. The standard InChI is InChI=1S/C12H20ClN5/c1-7-4-5-9(8(2)6-7)15-12-17-10(13)16-11(14-3)18-12/h7-9H,4-6H2,1-3H3,(H2,14,15,16,17,18). The average molecular weight is 270 g/mol. The van der Waals surface area contributed by atoms with Crippen LogP contribution in [0.4, 0.5) is 11.9 Å². The molecule has 1 aromatic rings. The van der Waals surface area contributed by atoms with Crippen molar-refractivity contribution in [3.05, 3.63) is 5.28 Å². The van der Waals surface area contributed by atoms with Gasteiger partial charge in [-0.05, 0) is 42.7 Å². The van der Waals surface area contributed by atoms with Gasteiger partial charge in [0.25, 0.3) is 0 Å². The molecule has 0 saturated heterocycles. The van der Waals surface area contributed by atoms with Gasteiger partial charge in [0.1, 0.15) is 0 Å². The SMILES string of the molecule is CNc1nc(Cl)nc(NC2CCC(C)CC2C)n1. The molecule has 0 aliphatic heterocycles. The lowest BCUT2D eigenvalue weighted by atomic mass is 9.80. The Kier molecular flexibility index (Phi) is 4.22. The van der Waals surface area contributed by atoms with Crippen LogP contribution < -0.4 is 10.6 Å². The highest BCUT2D eigenvalue weighted by molar-refractivity contribution is 6.28. The van der Waals surface area contributed by atoms with Crippen LogP contribution in [0.25, 0.3) is 0 Å². The molecule has 1 saturated carbocycles. The first-order chi connectivity index (χ1) is 8.58. The van der Waals surface area contributed by atoms with Crippen LogP contribution in [0, 0.1) is 11.8 Å². The molecule has 1 heterocycles. The summed E-state index contributed by atoms with van der Waals surface area (Å²) < 4.78 is 0. The van der Waals surface area contributed by atoms with Crippen LogP contribution in [-0.2, 0) is 0 Å². The number of anilines is 2. The fraction of sp³-hybridized carbons (Fsp3) is 0.750. The summed E-state index contributed by atoms with van der Waals surface area (Å²) in [5.41, 5.74) is 0. The van der Waals surface area contributed by atoms with E-state index in [1.54, 1.807) is 7.05 Å². The van der Waals surface area contributed by atoms with E-state index in [-0.39, 0.29) is 5.28 Å². The Morgan fingerprint density at radius 2 is 1.83 bits per heavy atom. The molecule has 2 N–H and O–H groups in total. The largest absolute Gasteiger partial charge is 0.357 e. The summed E-state index contributed by atoms with van der Waals surface area (Å²) in [6.07, 6.45) is 3.65. The van der Waals surface area contributed by atoms with Crippen molar-refractivity contribution in [2.45, 2.75) is 39.2 Å². The van der Waals surface area contributed by atoms with E-state index in [4.69, 9.17) is 11.6 Å². The second-order valence-corrected chi connectivity index (χ2v) is 5.49. The van der Waals surface area contributed by atoms with Crippen LogP contribution in [0.3, 0.4) is 0 Å². The van der Waals surface area contributed by atoms with E-state index in [0.29, 0.717) is 23.9 Å². The first kappa shape index (κ1) is 13.3. The van der Waals surface area contributed by atoms with E-state index in [1.807, 2.05) is 0 Å². The summed E-state index contributed by atoms with van der Waals surface area (Å²) in [6.45, 7) is 4.58. The van der Waals surface area contributed by atoms with Gasteiger partial charge in [-0.3, -0.25) is 0 Å². The zero-order chi connectivity index (χ0) is 13.1. The third kappa shape index (κ3) is 3.22. The van der Waals surface area contributed by atoms with Gasteiger partial charge in [0.15, 0.2) is 0 Å². The molecule has 6 heteroatoms. The average Bonchev–Trinajstić information content (AvgIpc) is 2.32. The number of rotatable bonds is 3. The molecular weight excluding hydrogens is 250 g/mol. The Hall–Kier alpha value is -1.10. The Labute approximate surface area is 113 Å². The maximum absolute atomic E-state index is 5.86. The lowest BCUT2D eigenvalue weighted by molar-refractivity contribution is 0.276. The number of aromatic nitrogens is 3. The van der Waals surface area contributed by atoms with Crippen molar-refractivity contribution in [3.63, 3.8) is 0 Å². The van der Waals surface area contributed by atoms with Gasteiger partial charge < -0.3 is 10.6 Å². The summed E-state index contributed by atoms with van der Waals surface area (Å²) in [7, 11) is 1.76. The van der Waals surface area contributed by atoms with E-state index in [0.717, 1.165) is 12.3 Å². The molecule has 0 radical (unpaired) electrons. The number of nitrogens with one attached hydrogen (secondary N) is 2. The predicted octanol–water partition coefficient (Wildman–Crippen LogP) is 2.80. The number of halogens is 1. The van der Waals surface area contributed by atoms with E-state index >= 15 is 0 Å². The lowest BCUT2D eigenvalue weighted by Gasteiger charge is -2.33. The van der Waals surface area contributed by atoms with Gasteiger partial charge in [-0.1, -0.05) is 13.8 Å². The highest BCUT2D eigenvalue weighted by Gasteiger charge is 2.25. The monoisotopic (exact) mass is 269 g/mol. The highest BCUT2D eigenvalue weighted by atomic mass is 35.5. The second kappa shape index (κ2) is 5.69. The molecule has 1 fully saturated rings. The Morgan fingerprint density at radius 3 is 2.50 bits per heavy atom. The van der Waals surface area contributed by atoms with Crippen molar-refractivity contribution in [1.29, 1.82) is 0 Å². The molecular formula is C12H20ClN5. The highest BCUT2D eigenvalue weighted by Crippen LogP contribution is 2.30. The van der Waals surface area contributed by atoms with Crippen LogP contribution in [0.15, 0.2) is 0 Å². The van der Waals surface area contributed by atoms with Crippen LogP contribution in [0.2, 0.25) is 5.28 Å². The molecule has 2 rings (SSSR count). The van der Waals surface area contributed by atoms with Crippen LogP contribution in [0.1, 0.15) is 33.1 Å². The quantitative estimate of drug-likeness (QED) is 0.883. The normalized spacial score (nSPS) is 27.9. The topological polar surface area (TPSA) is 62.7 Å². The molecule has 1 aromatic heterocycles. The number of nitrogens with zero attached hydrogens (tertiary/aromatic N) is 3. The van der Waals surface area contributed by atoms with Gasteiger partial charge >= 0.3 is 0 Å². The van der Waals surface area contributed by atoms with Gasteiger partial charge in [0, 0.05) is 13.1 Å². The Morgan fingerprint density at radius 1 is 1.11 bits per heavy atom. The van der Waals surface area contributed by atoms with E-state index in [9.17, 15) is 0 Å². The summed E-state index contributed by atoms with van der Waals surface area (Å²) in [6, 6.07) is 0.421. The molecule has 0 aromatic carbocycles. The molecule has 3 atom stereocenters. The molecule has 100 valence electrons. The van der Waals surface area contributed by atoms with Crippen molar-refractivity contribution in [3.8, 4) is 0 Å². The first-order valence-electron chi connectivity index (χ1n) is 6.44. The van der Waals surface area contributed by atoms with Gasteiger partial charge in [0.05, 0.1) is 0 Å². The maximum atomic E-state index is 5.86. The molecule has 3 unspecified atom stereocenters. The van der Waals surface area contributed by atoms with Crippen LogP contribution in [0.5, 0.6) is 0 Å². The molecule has 1 aliphatic carbocycles. The number of hydrogen-bond acceptors (Lipinski definition) is 5. The van der Waals surface area contributed by atoms with E-state index in [2.05, 4.69) is 39.4 Å². The zero-order valence-electron chi connectivity index (χ0n) is 11.1. The Bertz CT molecular complexity index is 411. The minimum Gasteiger partial charge on any atom is -0.357 e. The maximum Gasteiger partial charge on any atom is 0.229 e. The minimum absolute atomic E-state index is 0.216. The van der Waals surface area contributed by atoms with Crippen LogP contribution >= 0.6 is 11.6 Å². The Balaban J connectivity index is 2.06. The number of hydrogen-bond donors (Lipinski definition) is 2. The lowest BCUT2D eigenvalue weighted by Crippen LogP contribution is -2.33. The summed E-state index contributed by atoms with van der Waals surface area (Å²) in [5, 5.41) is 6.47. The van der Waals surface area contributed by atoms with Crippen molar-refractivity contribution < 1.29 is 0 Å². The van der Waals surface area contributed by atoms with Crippen molar-refractivity contribution in [1.82, 2.24) is 15.0 Å². The molecule has 0 bridgehead atoms. The fourth-order valence-electron chi connectivity index (χ4n) is 2.57. The van der Waals surface area contributed by atoms with E-state index < -0.39 is 0 Å². The smallest absolute Gasteiger partial charge is 0.229 e. The van der Waals surface area contributed by atoms with E-state index in [1.165, 1.54) is 12.8 Å². The first-order valence-corrected chi connectivity index (χ1v) is 6.82.